The van der Waals surface area contributed by atoms with Crippen molar-refractivity contribution in [3.8, 4) is 0 Å². The van der Waals surface area contributed by atoms with Crippen LogP contribution in [-0.4, -0.2) is 45.2 Å². The molecule has 1 aromatic rings. The number of likely N-dealkylation sites (N-methyl/N-ethyl adjacent to an activating group) is 1. The molecule has 0 aromatic carbocycles. The lowest BCUT2D eigenvalue weighted by molar-refractivity contribution is -0.133. The van der Waals surface area contributed by atoms with Crippen LogP contribution in [0.5, 0.6) is 0 Å². The Bertz CT molecular complexity index is 449. The number of hydrogen-bond donors (Lipinski definition) is 0. The molecule has 0 unspecified atom stereocenters. The fourth-order valence-corrected chi connectivity index (χ4v) is 2.53. The number of hydrogen-bond acceptors (Lipinski definition) is 4. The van der Waals surface area contributed by atoms with Gasteiger partial charge < -0.3 is 4.90 Å². The Morgan fingerprint density at radius 1 is 1.47 bits per heavy atom. The number of carbonyl (C=O) groups excluding carboxylic acids is 2. The molecule has 2 rings (SSSR count). The van der Waals surface area contributed by atoms with Gasteiger partial charge in [0.05, 0.1) is 6.20 Å². The van der Waals surface area contributed by atoms with Gasteiger partial charge in [-0.05, 0) is 31.6 Å². The van der Waals surface area contributed by atoms with Gasteiger partial charge in [0.1, 0.15) is 12.2 Å². The molecule has 0 saturated heterocycles. The van der Waals surface area contributed by atoms with E-state index < -0.39 is 0 Å². The summed E-state index contributed by atoms with van der Waals surface area (Å²) in [5.74, 6) is 0.784. The third-order valence-corrected chi connectivity index (χ3v) is 3.90. The number of amides is 1. The summed E-state index contributed by atoms with van der Waals surface area (Å²) in [5, 5.41) is 7.40. The van der Waals surface area contributed by atoms with Gasteiger partial charge in [0.2, 0.25) is 5.91 Å². The number of aldehydes is 1. The van der Waals surface area contributed by atoms with Crippen molar-refractivity contribution in [3.05, 3.63) is 11.9 Å². The Morgan fingerprint density at radius 3 is 2.74 bits per heavy atom. The SMILES string of the molecule is CC1CCC(N(C)C(=O)Cn2cc(C=O)nn2)CC1. The minimum absolute atomic E-state index is 0.0157. The predicted octanol–water partition coefficient (Wildman–Crippen LogP) is 1.13. The molecule has 0 bridgehead atoms. The van der Waals surface area contributed by atoms with E-state index in [0.29, 0.717) is 12.3 Å². The topological polar surface area (TPSA) is 68.1 Å². The lowest BCUT2D eigenvalue weighted by Crippen LogP contribution is -2.41. The van der Waals surface area contributed by atoms with Crippen LogP contribution in [0.15, 0.2) is 6.20 Å². The Morgan fingerprint density at radius 2 is 2.16 bits per heavy atom. The van der Waals surface area contributed by atoms with Gasteiger partial charge in [0.15, 0.2) is 6.29 Å². The molecule has 0 spiro atoms. The average Bonchev–Trinajstić information content (AvgIpc) is 2.86. The fourth-order valence-electron chi connectivity index (χ4n) is 2.53. The van der Waals surface area contributed by atoms with Crippen LogP contribution in [-0.2, 0) is 11.3 Å². The summed E-state index contributed by atoms with van der Waals surface area (Å²) in [7, 11) is 1.85. The molecule has 0 N–H and O–H groups in total. The first-order chi connectivity index (χ1) is 9.10. The van der Waals surface area contributed by atoms with Crippen molar-refractivity contribution in [2.24, 2.45) is 5.92 Å². The van der Waals surface area contributed by atoms with Gasteiger partial charge in [-0.15, -0.1) is 5.10 Å². The lowest BCUT2D eigenvalue weighted by atomic mass is 9.87. The molecule has 1 aliphatic rings. The number of carbonyl (C=O) groups is 2. The minimum atomic E-state index is 0.0157. The summed E-state index contributed by atoms with van der Waals surface area (Å²) in [4.78, 5) is 24.5. The van der Waals surface area contributed by atoms with Gasteiger partial charge in [-0.25, -0.2) is 4.68 Å². The maximum Gasteiger partial charge on any atom is 0.244 e. The quantitative estimate of drug-likeness (QED) is 0.764. The van der Waals surface area contributed by atoms with Crippen LogP contribution in [0.1, 0.15) is 43.1 Å². The van der Waals surface area contributed by atoms with Crippen LogP contribution in [0.2, 0.25) is 0 Å². The number of aromatic nitrogens is 3. The molecular weight excluding hydrogens is 244 g/mol. The van der Waals surface area contributed by atoms with Gasteiger partial charge in [0, 0.05) is 13.1 Å². The fraction of sp³-hybridized carbons (Fsp3) is 0.692. The minimum Gasteiger partial charge on any atom is -0.341 e. The molecule has 1 fully saturated rings. The van der Waals surface area contributed by atoms with Gasteiger partial charge in [-0.1, -0.05) is 12.1 Å². The van der Waals surface area contributed by atoms with Crippen LogP contribution in [0.25, 0.3) is 0 Å². The molecule has 104 valence electrons. The van der Waals surface area contributed by atoms with Crippen molar-refractivity contribution in [1.82, 2.24) is 19.9 Å². The molecule has 1 aromatic heterocycles. The zero-order valence-electron chi connectivity index (χ0n) is 11.5. The average molecular weight is 264 g/mol. The van der Waals surface area contributed by atoms with Gasteiger partial charge in [-0.3, -0.25) is 9.59 Å². The zero-order chi connectivity index (χ0) is 13.8. The smallest absolute Gasteiger partial charge is 0.244 e. The maximum atomic E-state index is 12.1. The highest BCUT2D eigenvalue weighted by Gasteiger charge is 2.24. The molecular formula is C13H20N4O2. The van der Waals surface area contributed by atoms with Crippen LogP contribution in [0, 0.1) is 5.92 Å². The Labute approximate surface area is 112 Å². The maximum absolute atomic E-state index is 12.1. The summed E-state index contributed by atoms with van der Waals surface area (Å²) in [6.45, 7) is 2.40. The molecule has 0 radical (unpaired) electrons. The zero-order valence-corrected chi connectivity index (χ0v) is 11.5. The van der Waals surface area contributed by atoms with Crippen LogP contribution in [0.3, 0.4) is 0 Å². The molecule has 0 atom stereocenters. The Hall–Kier alpha value is -1.72. The highest BCUT2D eigenvalue weighted by molar-refractivity contribution is 5.76. The van der Waals surface area contributed by atoms with Crippen molar-refractivity contribution in [2.75, 3.05) is 7.05 Å². The second-order valence-corrected chi connectivity index (χ2v) is 5.38. The third-order valence-electron chi connectivity index (χ3n) is 3.90. The molecule has 0 aliphatic heterocycles. The Kier molecular flexibility index (Phi) is 4.29. The first-order valence-electron chi connectivity index (χ1n) is 6.71. The number of rotatable bonds is 4. The van der Waals surface area contributed by atoms with Gasteiger partial charge in [0.25, 0.3) is 0 Å². The monoisotopic (exact) mass is 264 g/mol. The second-order valence-electron chi connectivity index (χ2n) is 5.38. The van der Waals surface area contributed by atoms with Gasteiger partial charge in [-0.2, -0.15) is 0 Å². The van der Waals surface area contributed by atoms with E-state index in [1.54, 1.807) is 0 Å². The molecule has 1 aliphatic carbocycles. The van der Waals surface area contributed by atoms with Crippen molar-refractivity contribution in [1.29, 1.82) is 0 Å². The van der Waals surface area contributed by atoms with E-state index in [9.17, 15) is 9.59 Å². The molecule has 19 heavy (non-hydrogen) atoms. The van der Waals surface area contributed by atoms with E-state index in [0.717, 1.165) is 18.8 Å². The molecule has 6 heteroatoms. The van der Waals surface area contributed by atoms with E-state index in [-0.39, 0.29) is 18.1 Å². The van der Waals surface area contributed by atoms with Crippen molar-refractivity contribution in [3.63, 3.8) is 0 Å². The lowest BCUT2D eigenvalue weighted by Gasteiger charge is -2.33. The largest absolute Gasteiger partial charge is 0.341 e. The molecule has 1 heterocycles. The van der Waals surface area contributed by atoms with Crippen molar-refractivity contribution >= 4 is 12.2 Å². The molecule has 1 saturated carbocycles. The normalized spacial score (nSPS) is 23.1. The second kappa shape index (κ2) is 5.95. The van der Waals surface area contributed by atoms with Crippen LogP contribution < -0.4 is 0 Å². The summed E-state index contributed by atoms with van der Waals surface area (Å²) >= 11 is 0. The van der Waals surface area contributed by atoms with E-state index in [4.69, 9.17) is 0 Å². The highest BCUT2D eigenvalue weighted by Crippen LogP contribution is 2.26. The van der Waals surface area contributed by atoms with Gasteiger partial charge >= 0.3 is 0 Å². The van der Waals surface area contributed by atoms with E-state index in [1.807, 2.05) is 11.9 Å². The first kappa shape index (κ1) is 13.7. The van der Waals surface area contributed by atoms with Crippen molar-refractivity contribution < 1.29 is 9.59 Å². The highest BCUT2D eigenvalue weighted by atomic mass is 16.2. The van der Waals surface area contributed by atoms with Crippen molar-refractivity contribution in [2.45, 2.75) is 45.2 Å². The summed E-state index contributed by atoms with van der Waals surface area (Å²) in [6, 6.07) is 0.331. The van der Waals surface area contributed by atoms with Crippen LogP contribution >= 0.6 is 0 Å². The standard InChI is InChI=1S/C13H20N4O2/c1-10-3-5-12(6-4-10)16(2)13(19)8-17-7-11(9-18)14-15-17/h7,9-10,12H,3-6,8H2,1-2H3. The third kappa shape index (κ3) is 3.39. The van der Waals surface area contributed by atoms with Crippen LogP contribution in [0.4, 0.5) is 0 Å². The molecule has 6 nitrogen and oxygen atoms in total. The summed E-state index contributed by atoms with van der Waals surface area (Å²) in [6.07, 6.45) is 6.62. The summed E-state index contributed by atoms with van der Waals surface area (Å²) in [5.41, 5.74) is 0.252. The number of nitrogens with zero attached hydrogens (tertiary/aromatic N) is 4. The van der Waals surface area contributed by atoms with E-state index in [2.05, 4.69) is 17.2 Å². The molecule has 1 amide bonds. The summed E-state index contributed by atoms with van der Waals surface area (Å²) < 4.78 is 1.41. The van der Waals surface area contributed by atoms with E-state index in [1.165, 1.54) is 23.7 Å². The van der Waals surface area contributed by atoms with E-state index >= 15 is 0 Å². The predicted molar refractivity (Wildman–Crippen MR) is 69.6 cm³/mol. The first-order valence-corrected chi connectivity index (χ1v) is 6.71. The Balaban J connectivity index is 1.90.